The molecule has 0 spiro atoms. The molecule has 2 aromatic heterocycles. The number of nitrogens with one attached hydrogen (secondary N) is 1. The summed E-state index contributed by atoms with van der Waals surface area (Å²) in [6.45, 7) is 5.46. The van der Waals surface area contributed by atoms with Gasteiger partial charge in [0.1, 0.15) is 5.82 Å². The molecule has 0 amide bonds. The maximum Gasteiger partial charge on any atom is 0.249 e. The van der Waals surface area contributed by atoms with E-state index in [-0.39, 0.29) is 12.4 Å². The van der Waals surface area contributed by atoms with Crippen LogP contribution in [0.25, 0.3) is 11.5 Å². The predicted molar refractivity (Wildman–Crippen MR) is 79.6 cm³/mol. The van der Waals surface area contributed by atoms with E-state index in [9.17, 15) is 0 Å². The van der Waals surface area contributed by atoms with E-state index in [1.54, 1.807) is 13.1 Å². The molecule has 8 heteroatoms. The summed E-state index contributed by atoms with van der Waals surface area (Å²) in [6.07, 6.45) is 1.72. The fourth-order valence-electron chi connectivity index (χ4n) is 2.07. The molecule has 0 radical (unpaired) electrons. The van der Waals surface area contributed by atoms with Crippen LogP contribution in [-0.2, 0) is 0 Å². The summed E-state index contributed by atoms with van der Waals surface area (Å²) in [7, 11) is 0. The van der Waals surface area contributed by atoms with Gasteiger partial charge in [0.15, 0.2) is 0 Å². The summed E-state index contributed by atoms with van der Waals surface area (Å²) in [6, 6.07) is 1.82. The summed E-state index contributed by atoms with van der Waals surface area (Å²) < 4.78 is 5.37. The SMILES string of the molecule is Cc1nnc(-c2cnc(N3CCNCC3)c(Cl)c2)o1.Cl. The van der Waals surface area contributed by atoms with Gasteiger partial charge in [-0.2, -0.15) is 0 Å². The Morgan fingerprint density at radius 3 is 2.65 bits per heavy atom. The lowest BCUT2D eigenvalue weighted by atomic mass is 10.2. The number of nitrogens with zero attached hydrogens (tertiary/aromatic N) is 4. The summed E-state index contributed by atoms with van der Waals surface area (Å²) in [5.74, 6) is 1.78. The molecule has 0 bridgehead atoms. The van der Waals surface area contributed by atoms with Crippen molar-refractivity contribution < 1.29 is 4.42 Å². The number of hydrogen-bond acceptors (Lipinski definition) is 6. The fraction of sp³-hybridized carbons (Fsp3) is 0.417. The number of hydrogen-bond donors (Lipinski definition) is 1. The average molecular weight is 316 g/mol. The van der Waals surface area contributed by atoms with E-state index in [1.807, 2.05) is 6.07 Å². The van der Waals surface area contributed by atoms with E-state index in [4.69, 9.17) is 16.0 Å². The molecule has 1 fully saturated rings. The van der Waals surface area contributed by atoms with E-state index in [0.29, 0.717) is 16.8 Å². The van der Waals surface area contributed by atoms with Crippen LogP contribution in [0.1, 0.15) is 5.89 Å². The third-order valence-corrected chi connectivity index (χ3v) is 3.29. The van der Waals surface area contributed by atoms with Crippen molar-refractivity contribution in [2.45, 2.75) is 6.92 Å². The van der Waals surface area contributed by atoms with Crippen LogP contribution in [0.3, 0.4) is 0 Å². The zero-order valence-electron chi connectivity index (χ0n) is 11.0. The Morgan fingerprint density at radius 1 is 1.30 bits per heavy atom. The Balaban J connectivity index is 0.00000147. The van der Waals surface area contributed by atoms with Gasteiger partial charge in [-0.05, 0) is 6.07 Å². The lowest BCUT2D eigenvalue weighted by Gasteiger charge is -2.29. The molecule has 0 atom stereocenters. The topological polar surface area (TPSA) is 67.1 Å². The number of aromatic nitrogens is 3. The molecular weight excluding hydrogens is 301 g/mol. The number of halogens is 2. The van der Waals surface area contributed by atoms with Crippen LogP contribution in [0.15, 0.2) is 16.7 Å². The minimum Gasteiger partial charge on any atom is -0.421 e. The van der Waals surface area contributed by atoms with Gasteiger partial charge in [0.25, 0.3) is 0 Å². The number of rotatable bonds is 2. The molecular formula is C12H15Cl2N5O. The smallest absolute Gasteiger partial charge is 0.249 e. The Hall–Kier alpha value is -1.37. The second kappa shape index (κ2) is 6.39. The van der Waals surface area contributed by atoms with Gasteiger partial charge in [-0.3, -0.25) is 0 Å². The zero-order valence-corrected chi connectivity index (χ0v) is 12.5. The Labute approximate surface area is 127 Å². The molecule has 1 aliphatic heterocycles. The van der Waals surface area contributed by atoms with Crippen molar-refractivity contribution in [2.75, 3.05) is 31.1 Å². The minimum atomic E-state index is 0. The third-order valence-electron chi connectivity index (χ3n) is 3.01. The number of aryl methyl sites for hydroxylation is 1. The standard InChI is InChI=1S/C12H14ClN5O.ClH/c1-8-16-17-12(19-8)9-6-10(13)11(15-7-9)18-4-2-14-3-5-18;/h6-7,14H,2-5H2,1H3;1H. The maximum absolute atomic E-state index is 6.31. The highest BCUT2D eigenvalue weighted by Gasteiger charge is 2.16. The first-order valence-corrected chi connectivity index (χ1v) is 6.53. The van der Waals surface area contributed by atoms with E-state index < -0.39 is 0 Å². The van der Waals surface area contributed by atoms with E-state index in [0.717, 1.165) is 37.6 Å². The van der Waals surface area contributed by atoms with E-state index in [2.05, 4.69) is 25.4 Å². The predicted octanol–water partition coefficient (Wildman–Crippen LogP) is 1.92. The Morgan fingerprint density at radius 2 is 2.05 bits per heavy atom. The number of piperazine rings is 1. The second-order valence-corrected chi connectivity index (χ2v) is 4.80. The van der Waals surface area contributed by atoms with Gasteiger partial charge in [-0.25, -0.2) is 4.98 Å². The van der Waals surface area contributed by atoms with Gasteiger partial charge in [0, 0.05) is 39.3 Å². The van der Waals surface area contributed by atoms with Crippen molar-refractivity contribution in [3.05, 3.63) is 23.2 Å². The third kappa shape index (κ3) is 3.03. The minimum absolute atomic E-state index is 0. The van der Waals surface area contributed by atoms with Crippen LogP contribution in [0.4, 0.5) is 5.82 Å². The molecule has 6 nitrogen and oxygen atoms in total. The van der Waals surface area contributed by atoms with Crippen LogP contribution in [0.5, 0.6) is 0 Å². The van der Waals surface area contributed by atoms with Crippen LogP contribution in [-0.4, -0.2) is 41.4 Å². The summed E-state index contributed by atoms with van der Waals surface area (Å²) in [5, 5.41) is 11.7. The first-order valence-electron chi connectivity index (χ1n) is 6.16. The first kappa shape index (κ1) is 15.0. The van der Waals surface area contributed by atoms with Gasteiger partial charge in [0.05, 0.1) is 10.6 Å². The molecule has 1 saturated heterocycles. The maximum atomic E-state index is 6.31. The molecule has 0 saturated carbocycles. The molecule has 1 aliphatic rings. The lowest BCUT2D eigenvalue weighted by Crippen LogP contribution is -2.44. The van der Waals surface area contributed by atoms with Crippen LogP contribution in [0.2, 0.25) is 5.02 Å². The Bertz CT molecular complexity index is 583. The van der Waals surface area contributed by atoms with Gasteiger partial charge >= 0.3 is 0 Å². The van der Waals surface area contributed by atoms with Crippen molar-refractivity contribution in [1.82, 2.24) is 20.5 Å². The van der Waals surface area contributed by atoms with Crippen molar-refractivity contribution in [1.29, 1.82) is 0 Å². The fourth-order valence-corrected chi connectivity index (χ4v) is 2.36. The van der Waals surface area contributed by atoms with Crippen LogP contribution in [0, 0.1) is 6.92 Å². The molecule has 3 rings (SSSR count). The van der Waals surface area contributed by atoms with Gasteiger partial charge < -0.3 is 14.6 Å². The van der Waals surface area contributed by atoms with Gasteiger partial charge in [0.2, 0.25) is 11.8 Å². The molecule has 1 N–H and O–H groups in total. The van der Waals surface area contributed by atoms with E-state index in [1.165, 1.54) is 0 Å². The molecule has 2 aromatic rings. The van der Waals surface area contributed by atoms with E-state index >= 15 is 0 Å². The monoisotopic (exact) mass is 315 g/mol. The largest absolute Gasteiger partial charge is 0.421 e. The average Bonchev–Trinajstić information content (AvgIpc) is 2.86. The molecule has 0 aromatic carbocycles. The lowest BCUT2D eigenvalue weighted by molar-refractivity contribution is 0.532. The molecule has 3 heterocycles. The Kier molecular flexibility index (Phi) is 4.80. The number of pyridine rings is 1. The highest BCUT2D eigenvalue weighted by molar-refractivity contribution is 6.33. The van der Waals surface area contributed by atoms with Crippen LogP contribution < -0.4 is 10.2 Å². The van der Waals surface area contributed by atoms with Gasteiger partial charge in [-0.15, -0.1) is 22.6 Å². The molecule has 0 unspecified atom stereocenters. The molecule has 20 heavy (non-hydrogen) atoms. The summed E-state index contributed by atoms with van der Waals surface area (Å²) >= 11 is 6.31. The summed E-state index contributed by atoms with van der Waals surface area (Å²) in [4.78, 5) is 6.59. The van der Waals surface area contributed by atoms with Crippen LogP contribution >= 0.6 is 24.0 Å². The highest BCUT2D eigenvalue weighted by atomic mass is 35.5. The molecule has 0 aliphatic carbocycles. The molecule has 108 valence electrons. The van der Waals surface area contributed by atoms with Crippen molar-refractivity contribution in [3.63, 3.8) is 0 Å². The highest BCUT2D eigenvalue weighted by Crippen LogP contribution is 2.28. The second-order valence-electron chi connectivity index (χ2n) is 4.39. The van der Waals surface area contributed by atoms with Gasteiger partial charge in [-0.1, -0.05) is 11.6 Å². The van der Waals surface area contributed by atoms with Crippen molar-refractivity contribution >= 4 is 29.8 Å². The van der Waals surface area contributed by atoms with Crippen molar-refractivity contribution in [2.24, 2.45) is 0 Å². The first-order chi connectivity index (χ1) is 9.24. The zero-order chi connectivity index (χ0) is 13.2. The summed E-state index contributed by atoms with van der Waals surface area (Å²) in [5.41, 5.74) is 0.740. The number of anilines is 1. The normalized spacial score (nSPS) is 15.0. The van der Waals surface area contributed by atoms with Crippen molar-refractivity contribution in [3.8, 4) is 11.5 Å². The quantitative estimate of drug-likeness (QED) is 0.913.